The van der Waals surface area contributed by atoms with Crippen molar-refractivity contribution in [3.05, 3.63) is 35.5 Å². The Kier molecular flexibility index (Phi) is 5.03. The molecule has 2 aromatic rings. The zero-order chi connectivity index (χ0) is 17.8. The van der Waals surface area contributed by atoms with Crippen molar-refractivity contribution in [1.29, 1.82) is 5.26 Å². The standard InChI is InChI=1S/C19H24N6/c1-3-5-15-11-18(25-9-4-6-13(25)2)24-19(22-15)23-16-7-8-17(21)14(10-16)12-20/h7-8,10-11,13H,3-6,9,21H2,1-2H3,(H,22,23,24). The number of rotatable bonds is 5. The lowest BCUT2D eigenvalue weighted by atomic mass is 10.2. The molecule has 1 fully saturated rings. The summed E-state index contributed by atoms with van der Waals surface area (Å²) < 4.78 is 0. The molecule has 1 aliphatic rings. The van der Waals surface area contributed by atoms with Crippen LogP contribution in [0.25, 0.3) is 0 Å². The topological polar surface area (TPSA) is 90.9 Å². The van der Waals surface area contributed by atoms with Crippen LogP contribution >= 0.6 is 0 Å². The van der Waals surface area contributed by atoms with Crippen molar-refractivity contribution in [3.8, 4) is 6.07 Å². The molecule has 0 spiro atoms. The van der Waals surface area contributed by atoms with Crippen molar-refractivity contribution in [2.45, 2.75) is 45.6 Å². The van der Waals surface area contributed by atoms with Gasteiger partial charge in [-0.2, -0.15) is 10.2 Å². The normalized spacial score (nSPS) is 16.7. The Morgan fingerprint density at radius 3 is 2.88 bits per heavy atom. The van der Waals surface area contributed by atoms with Crippen LogP contribution in [0.3, 0.4) is 0 Å². The van der Waals surface area contributed by atoms with Gasteiger partial charge in [-0.25, -0.2) is 4.98 Å². The molecule has 6 nitrogen and oxygen atoms in total. The zero-order valence-electron chi connectivity index (χ0n) is 14.8. The molecular formula is C19H24N6. The van der Waals surface area contributed by atoms with Crippen molar-refractivity contribution in [2.24, 2.45) is 0 Å². The molecule has 25 heavy (non-hydrogen) atoms. The SMILES string of the molecule is CCCc1cc(N2CCCC2C)nc(Nc2ccc(N)c(C#N)c2)n1. The molecule has 0 radical (unpaired) electrons. The van der Waals surface area contributed by atoms with Crippen LogP contribution in [-0.4, -0.2) is 22.6 Å². The molecule has 1 aliphatic heterocycles. The van der Waals surface area contributed by atoms with Gasteiger partial charge in [-0.1, -0.05) is 13.3 Å². The Hall–Kier alpha value is -2.81. The Bertz CT molecular complexity index is 795. The van der Waals surface area contributed by atoms with Crippen LogP contribution < -0.4 is 16.0 Å². The summed E-state index contributed by atoms with van der Waals surface area (Å²) in [4.78, 5) is 11.7. The summed E-state index contributed by atoms with van der Waals surface area (Å²) in [5, 5.41) is 12.4. The first kappa shape index (κ1) is 17.0. The summed E-state index contributed by atoms with van der Waals surface area (Å²) in [5.74, 6) is 1.54. The van der Waals surface area contributed by atoms with E-state index in [0.717, 1.165) is 36.6 Å². The molecule has 130 valence electrons. The van der Waals surface area contributed by atoms with E-state index in [0.29, 0.717) is 23.2 Å². The molecule has 0 aliphatic carbocycles. The van der Waals surface area contributed by atoms with E-state index >= 15 is 0 Å². The van der Waals surface area contributed by atoms with Gasteiger partial charge in [0.1, 0.15) is 11.9 Å². The number of anilines is 4. The van der Waals surface area contributed by atoms with Crippen LogP contribution in [0.5, 0.6) is 0 Å². The van der Waals surface area contributed by atoms with Crippen molar-refractivity contribution < 1.29 is 0 Å². The van der Waals surface area contributed by atoms with Gasteiger partial charge >= 0.3 is 0 Å². The highest BCUT2D eigenvalue weighted by Crippen LogP contribution is 2.26. The minimum Gasteiger partial charge on any atom is -0.398 e. The summed E-state index contributed by atoms with van der Waals surface area (Å²) in [6, 6.07) is 9.98. The maximum Gasteiger partial charge on any atom is 0.229 e. The van der Waals surface area contributed by atoms with Crippen LogP contribution in [0.15, 0.2) is 24.3 Å². The number of nitriles is 1. The molecule has 3 rings (SSSR count). The number of nitrogens with zero attached hydrogens (tertiary/aromatic N) is 4. The smallest absolute Gasteiger partial charge is 0.229 e. The monoisotopic (exact) mass is 336 g/mol. The Labute approximate surface area is 148 Å². The van der Waals surface area contributed by atoms with Gasteiger partial charge in [0.15, 0.2) is 0 Å². The number of benzene rings is 1. The molecule has 0 bridgehead atoms. The predicted octanol–water partition coefficient (Wildman–Crippen LogP) is 3.62. The van der Waals surface area contributed by atoms with Crippen LogP contribution in [0.4, 0.5) is 23.1 Å². The van der Waals surface area contributed by atoms with E-state index in [2.05, 4.69) is 41.2 Å². The van der Waals surface area contributed by atoms with Crippen molar-refractivity contribution in [1.82, 2.24) is 9.97 Å². The van der Waals surface area contributed by atoms with E-state index in [-0.39, 0.29) is 0 Å². The summed E-state index contributed by atoms with van der Waals surface area (Å²) in [5.41, 5.74) is 8.51. The van der Waals surface area contributed by atoms with Gasteiger partial charge in [-0.05, 0) is 44.4 Å². The average Bonchev–Trinajstić information content (AvgIpc) is 3.03. The van der Waals surface area contributed by atoms with E-state index in [1.54, 1.807) is 12.1 Å². The van der Waals surface area contributed by atoms with Crippen LogP contribution in [0.2, 0.25) is 0 Å². The third-order valence-corrected chi connectivity index (χ3v) is 4.55. The number of nitrogens with two attached hydrogens (primary N) is 1. The quantitative estimate of drug-likeness (QED) is 0.811. The lowest BCUT2D eigenvalue weighted by Crippen LogP contribution is -2.27. The van der Waals surface area contributed by atoms with E-state index in [4.69, 9.17) is 16.0 Å². The number of aryl methyl sites for hydroxylation is 1. The molecule has 0 saturated carbocycles. The summed E-state index contributed by atoms with van der Waals surface area (Å²) in [6.45, 7) is 5.41. The molecule has 3 N–H and O–H groups in total. The summed E-state index contributed by atoms with van der Waals surface area (Å²) in [6.07, 6.45) is 4.34. The van der Waals surface area contributed by atoms with Gasteiger partial charge in [-0.15, -0.1) is 0 Å². The number of aromatic nitrogens is 2. The zero-order valence-corrected chi connectivity index (χ0v) is 14.8. The molecule has 1 atom stereocenters. The van der Waals surface area contributed by atoms with E-state index < -0.39 is 0 Å². The Morgan fingerprint density at radius 1 is 1.36 bits per heavy atom. The Balaban J connectivity index is 1.92. The van der Waals surface area contributed by atoms with Gasteiger partial charge in [0, 0.05) is 35.7 Å². The van der Waals surface area contributed by atoms with E-state index in [1.165, 1.54) is 12.8 Å². The first-order chi connectivity index (χ1) is 12.1. The molecule has 6 heteroatoms. The summed E-state index contributed by atoms with van der Waals surface area (Å²) >= 11 is 0. The van der Waals surface area contributed by atoms with Crippen molar-refractivity contribution in [2.75, 3.05) is 22.5 Å². The Morgan fingerprint density at radius 2 is 2.20 bits per heavy atom. The first-order valence-electron chi connectivity index (χ1n) is 8.82. The van der Waals surface area contributed by atoms with Crippen molar-refractivity contribution >= 4 is 23.1 Å². The highest BCUT2D eigenvalue weighted by molar-refractivity contribution is 5.65. The van der Waals surface area contributed by atoms with Crippen LogP contribution in [-0.2, 0) is 6.42 Å². The second-order valence-corrected chi connectivity index (χ2v) is 6.51. The molecule has 0 amide bonds. The second-order valence-electron chi connectivity index (χ2n) is 6.51. The van der Waals surface area contributed by atoms with E-state index in [1.807, 2.05) is 6.07 Å². The fourth-order valence-electron chi connectivity index (χ4n) is 3.20. The second kappa shape index (κ2) is 7.39. The maximum absolute atomic E-state index is 9.14. The molecule has 1 aromatic carbocycles. The van der Waals surface area contributed by atoms with Crippen LogP contribution in [0.1, 0.15) is 44.4 Å². The molecule has 1 aromatic heterocycles. The first-order valence-corrected chi connectivity index (χ1v) is 8.82. The highest BCUT2D eigenvalue weighted by Gasteiger charge is 2.22. The number of hydrogen-bond donors (Lipinski definition) is 2. The lowest BCUT2D eigenvalue weighted by molar-refractivity contribution is 0.724. The van der Waals surface area contributed by atoms with Gasteiger partial charge < -0.3 is 16.0 Å². The fraction of sp³-hybridized carbons (Fsp3) is 0.421. The highest BCUT2D eigenvalue weighted by atomic mass is 15.3. The van der Waals surface area contributed by atoms with E-state index in [9.17, 15) is 0 Å². The fourth-order valence-corrected chi connectivity index (χ4v) is 3.20. The largest absolute Gasteiger partial charge is 0.398 e. The number of hydrogen-bond acceptors (Lipinski definition) is 6. The van der Waals surface area contributed by atoms with Crippen LogP contribution in [0, 0.1) is 11.3 Å². The predicted molar refractivity (Wildman–Crippen MR) is 101 cm³/mol. The van der Waals surface area contributed by atoms with Crippen molar-refractivity contribution in [3.63, 3.8) is 0 Å². The van der Waals surface area contributed by atoms with Gasteiger partial charge in [-0.3, -0.25) is 0 Å². The number of nitrogens with one attached hydrogen (secondary N) is 1. The van der Waals surface area contributed by atoms with Gasteiger partial charge in [0.2, 0.25) is 5.95 Å². The summed E-state index contributed by atoms with van der Waals surface area (Å²) in [7, 11) is 0. The van der Waals surface area contributed by atoms with Gasteiger partial charge in [0.25, 0.3) is 0 Å². The molecule has 1 unspecified atom stereocenters. The average molecular weight is 336 g/mol. The maximum atomic E-state index is 9.14. The third-order valence-electron chi connectivity index (χ3n) is 4.55. The lowest BCUT2D eigenvalue weighted by Gasteiger charge is -2.23. The molecular weight excluding hydrogens is 312 g/mol. The minimum atomic E-state index is 0.447. The van der Waals surface area contributed by atoms with Gasteiger partial charge in [0.05, 0.1) is 5.56 Å². The third kappa shape index (κ3) is 3.82. The molecule has 2 heterocycles. The molecule has 1 saturated heterocycles. The number of nitrogen functional groups attached to an aromatic ring is 1. The minimum absolute atomic E-state index is 0.447.